The second-order valence-electron chi connectivity index (χ2n) is 6.88. The molecular weight excluding hydrogens is 474 g/mol. The second-order valence-corrected chi connectivity index (χ2v) is 9.71. The molecule has 30 heavy (non-hydrogen) atoms. The molecule has 158 valence electrons. The number of amides is 2. The highest BCUT2D eigenvalue weighted by Gasteiger charge is 2.33. The van der Waals surface area contributed by atoms with E-state index in [1.807, 2.05) is 6.07 Å². The molecule has 1 aromatic heterocycles. The molecule has 2 N–H and O–H groups in total. The monoisotopic (exact) mass is 493 g/mol. The lowest BCUT2D eigenvalue weighted by molar-refractivity contribution is -0.126. The minimum absolute atomic E-state index is 0.0311. The maximum Gasteiger partial charge on any atom is 0.286 e. The van der Waals surface area contributed by atoms with Gasteiger partial charge in [-0.3, -0.25) is 20.4 Å². The smallest absolute Gasteiger partial charge is 0.286 e. The summed E-state index contributed by atoms with van der Waals surface area (Å²) < 4.78 is 29.4. The predicted molar refractivity (Wildman–Crippen MR) is 111 cm³/mol. The molecule has 1 aromatic carbocycles. The molecule has 2 heterocycles. The zero-order valence-electron chi connectivity index (χ0n) is 16.1. The number of nitrogens with one attached hydrogen (secondary N) is 2. The summed E-state index contributed by atoms with van der Waals surface area (Å²) in [4.78, 5) is 24.6. The lowest BCUT2D eigenvalue weighted by atomic mass is 9.98. The molecule has 0 spiro atoms. The summed E-state index contributed by atoms with van der Waals surface area (Å²) in [6, 6.07) is 9.57. The van der Waals surface area contributed by atoms with Crippen molar-refractivity contribution in [3.8, 4) is 6.07 Å². The highest BCUT2D eigenvalue weighted by atomic mass is 79.9. The van der Waals surface area contributed by atoms with Crippen LogP contribution in [0.15, 0.2) is 45.9 Å². The number of halogens is 1. The first-order chi connectivity index (χ1) is 14.2. The average Bonchev–Trinajstić information content (AvgIpc) is 3.09. The molecule has 1 fully saturated rings. The van der Waals surface area contributed by atoms with Crippen LogP contribution >= 0.6 is 15.9 Å². The fraction of sp³-hybridized carbons (Fsp3) is 0.316. The highest BCUT2D eigenvalue weighted by Crippen LogP contribution is 2.25. The van der Waals surface area contributed by atoms with Crippen molar-refractivity contribution in [1.29, 1.82) is 5.26 Å². The van der Waals surface area contributed by atoms with Gasteiger partial charge in [-0.15, -0.1) is 0 Å². The number of nitrogens with zero attached hydrogens (tertiary/aromatic N) is 3. The quantitative estimate of drug-likeness (QED) is 0.624. The Morgan fingerprint density at radius 3 is 2.47 bits per heavy atom. The van der Waals surface area contributed by atoms with E-state index in [1.54, 1.807) is 36.0 Å². The van der Waals surface area contributed by atoms with Crippen LogP contribution in [0.25, 0.3) is 0 Å². The van der Waals surface area contributed by atoms with Crippen LogP contribution < -0.4 is 10.9 Å². The van der Waals surface area contributed by atoms with E-state index in [0.717, 1.165) is 4.47 Å². The number of carbonyl (C=O) groups is 2. The summed E-state index contributed by atoms with van der Waals surface area (Å²) in [6.07, 6.45) is 2.34. The number of aryl methyl sites for hydroxylation is 1. The van der Waals surface area contributed by atoms with Gasteiger partial charge in [0.05, 0.1) is 10.5 Å². The Morgan fingerprint density at radius 1 is 1.20 bits per heavy atom. The number of benzene rings is 1. The first-order valence-corrected chi connectivity index (χ1v) is 11.4. The van der Waals surface area contributed by atoms with Crippen LogP contribution in [0.5, 0.6) is 0 Å². The van der Waals surface area contributed by atoms with Gasteiger partial charge in [0.2, 0.25) is 15.9 Å². The number of sulfonamides is 1. The Bertz CT molecular complexity index is 1110. The fourth-order valence-electron chi connectivity index (χ4n) is 3.32. The minimum atomic E-state index is -3.82. The average molecular weight is 494 g/mol. The number of nitriles is 1. The molecule has 11 heteroatoms. The normalized spacial score (nSPS) is 15.4. The van der Waals surface area contributed by atoms with Crippen LogP contribution in [0.3, 0.4) is 0 Å². The van der Waals surface area contributed by atoms with Gasteiger partial charge in [0, 0.05) is 36.7 Å². The van der Waals surface area contributed by atoms with E-state index in [2.05, 4.69) is 26.8 Å². The van der Waals surface area contributed by atoms with E-state index in [1.165, 1.54) is 16.4 Å². The van der Waals surface area contributed by atoms with Crippen LogP contribution in [0.4, 0.5) is 0 Å². The summed E-state index contributed by atoms with van der Waals surface area (Å²) in [5, 5.41) is 9.18. The highest BCUT2D eigenvalue weighted by molar-refractivity contribution is 9.10. The van der Waals surface area contributed by atoms with Crippen LogP contribution in [-0.4, -0.2) is 42.2 Å². The van der Waals surface area contributed by atoms with Crippen molar-refractivity contribution in [3.05, 3.63) is 52.3 Å². The Hall–Kier alpha value is -2.68. The lowest BCUT2D eigenvalue weighted by Gasteiger charge is -2.30. The molecule has 0 radical (unpaired) electrons. The molecule has 0 atom stereocenters. The van der Waals surface area contributed by atoms with Crippen molar-refractivity contribution < 1.29 is 18.0 Å². The Morgan fingerprint density at radius 2 is 1.87 bits per heavy atom. The number of rotatable bonds is 4. The standard InChI is InChI=1S/C19H20BrN5O4S/c1-24-12-15(20)10-16(24)19(27)23-22-18(26)13-6-8-25(9-7-13)30(28,29)17-5-3-2-4-14(17)11-21/h2-5,10,12-13H,6-9H2,1H3,(H,22,26)(H,23,27). The van der Waals surface area contributed by atoms with E-state index in [0.29, 0.717) is 18.5 Å². The van der Waals surface area contributed by atoms with Gasteiger partial charge in [-0.05, 0) is 47.0 Å². The SMILES string of the molecule is Cn1cc(Br)cc1C(=O)NNC(=O)C1CCN(S(=O)(=O)c2ccccc2C#N)CC1. The minimum Gasteiger partial charge on any atom is -0.345 e. The third-order valence-corrected chi connectivity index (χ3v) is 7.34. The number of carbonyl (C=O) groups excluding carboxylic acids is 2. The first-order valence-electron chi connectivity index (χ1n) is 9.15. The van der Waals surface area contributed by atoms with E-state index < -0.39 is 21.8 Å². The summed E-state index contributed by atoms with van der Waals surface area (Å²) in [5.41, 5.74) is 5.26. The molecular formula is C19H20BrN5O4S. The molecule has 9 nitrogen and oxygen atoms in total. The number of hydrogen-bond donors (Lipinski definition) is 2. The Kier molecular flexibility index (Phi) is 6.60. The predicted octanol–water partition coefficient (Wildman–Crippen LogP) is 1.52. The van der Waals surface area contributed by atoms with E-state index in [-0.39, 0.29) is 29.5 Å². The van der Waals surface area contributed by atoms with Crippen LogP contribution in [0.2, 0.25) is 0 Å². The molecule has 2 aromatic rings. The lowest BCUT2D eigenvalue weighted by Crippen LogP contribution is -2.48. The van der Waals surface area contributed by atoms with E-state index in [9.17, 15) is 23.3 Å². The summed E-state index contributed by atoms with van der Waals surface area (Å²) >= 11 is 3.28. The molecule has 1 saturated heterocycles. The van der Waals surface area contributed by atoms with Gasteiger partial charge >= 0.3 is 0 Å². The third kappa shape index (κ3) is 4.56. The van der Waals surface area contributed by atoms with Crippen molar-refractivity contribution in [3.63, 3.8) is 0 Å². The van der Waals surface area contributed by atoms with Gasteiger partial charge in [0.1, 0.15) is 11.8 Å². The van der Waals surface area contributed by atoms with Gasteiger partial charge < -0.3 is 4.57 Å². The van der Waals surface area contributed by atoms with Crippen LogP contribution in [0.1, 0.15) is 28.9 Å². The summed E-state index contributed by atoms with van der Waals surface area (Å²) in [5.74, 6) is -1.25. The molecule has 2 amide bonds. The van der Waals surface area contributed by atoms with Crippen molar-refractivity contribution >= 4 is 37.8 Å². The topological polar surface area (TPSA) is 124 Å². The van der Waals surface area contributed by atoms with Gasteiger partial charge in [0.25, 0.3) is 5.91 Å². The number of aromatic nitrogens is 1. The fourth-order valence-corrected chi connectivity index (χ4v) is 5.45. The van der Waals surface area contributed by atoms with E-state index >= 15 is 0 Å². The van der Waals surface area contributed by atoms with Gasteiger partial charge in [-0.1, -0.05) is 12.1 Å². The van der Waals surface area contributed by atoms with Crippen molar-refractivity contribution in [2.45, 2.75) is 17.7 Å². The number of piperidine rings is 1. The number of hydrogen-bond acceptors (Lipinski definition) is 5. The van der Waals surface area contributed by atoms with Crippen molar-refractivity contribution in [2.24, 2.45) is 13.0 Å². The van der Waals surface area contributed by atoms with Gasteiger partial charge in [0.15, 0.2) is 0 Å². The maximum absolute atomic E-state index is 12.9. The zero-order chi connectivity index (χ0) is 21.9. The molecule has 3 rings (SSSR count). The summed E-state index contributed by atoms with van der Waals surface area (Å²) in [7, 11) is -2.11. The molecule has 1 aliphatic rings. The molecule has 1 aliphatic heterocycles. The third-order valence-electron chi connectivity index (χ3n) is 4.95. The largest absolute Gasteiger partial charge is 0.345 e. The van der Waals surface area contributed by atoms with Crippen molar-refractivity contribution in [2.75, 3.05) is 13.1 Å². The van der Waals surface area contributed by atoms with Crippen LogP contribution in [-0.2, 0) is 21.9 Å². The van der Waals surface area contributed by atoms with Crippen molar-refractivity contribution in [1.82, 2.24) is 19.7 Å². The first kappa shape index (κ1) is 22.0. The zero-order valence-corrected chi connectivity index (χ0v) is 18.5. The Labute approximate surface area is 182 Å². The molecule has 0 bridgehead atoms. The van der Waals surface area contributed by atoms with Crippen LogP contribution in [0, 0.1) is 17.2 Å². The number of hydrazine groups is 1. The van der Waals surface area contributed by atoms with Gasteiger partial charge in [-0.25, -0.2) is 8.42 Å². The Balaban J connectivity index is 1.57. The van der Waals surface area contributed by atoms with Gasteiger partial charge in [-0.2, -0.15) is 9.57 Å². The summed E-state index contributed by atoms with van der Waals surface area (Å²) in [6.45, 7) is 0.303. The molecule has 0 unspecified atom stereocenters. The second kappa shape index (κ2) is 8.99. The maximum atomic E-state index is 12.9. The molecule has 0 aliphatic carbocycles. The van der Waals surface area contributed by atoms with E-state index in [4.69, 9.17) is 0 Å². The molecule has 0 saturated carbocycles.